The van der Waals surface area contributed by atoms with Gasteiger partial charge in [-0.15, -0.1) is 33.7 Å². The predicted octanol–water partition coefficient (Wildman–Crippen LogP) is 6.47. The minimum Gasteiger partial charge on any atom is -0.309 e. The lowest BCUT2D eigenvalue weighted by Gasteiger charge is -2.19. The Kier molecular flexibility index (Phi) is 7.08. The van der Waals surface area contributed by atoms with Crippen LogP contribution in [0.5, 0.6) is 0 Å². The van der Waals surface area contributed by atoms with Gasteiger partial charge < -0.3 is 4.57 Å². The fourth-order valence-electron chi connectivity index (χ4n) is 3.07. The molecule has 0 spiro atoms. The molecule has 12 heteroatoms. The maximum atomic E-state index is 13.1. The van der Waals surface area contributed by atoms with Crippen molar-refractivity contribution in [3.8, 4) is 22.9 Å². The molecule has 0 fully saturated rings. The molecular formula is C21H22F3N5O2S2. The SMILES string of the molecule is CCSc1cc(SC(C)(C)C)c([N+](=O)[O-])cc1-c1nnc(-c2cc(C(F)(F)F)ccn2)n1C. The third-order valence-corrected chi connectivity index (χ3v) is 6.50. The molecule has 3 rings (SSSR count). The minimum atomic E-state index is -4.52. The van der Waals surface area contributed by atoms with E-state index in [1.54, 1.807) is 13.1 Å². The predicted molar refractivity (Wildman–Crippen MR) is 123 cm³/mol. The smallest absolute Gasteiger partial charge is 0.309 e. The molecule has 0 N–H and O–H groups in total. The summed E-state index contributed by atoms with van der Waals surface area (Å²) in [7, 11) is 1.59. The standard InChI is InChI=1S/C21H22F3N5O2S2/c1-6-32-16-11-17(33-20(2,3)4)15(29(30)31)10-13(16)18-26-27-19(28(18)5)14-9-12(7-8-25-14)21(22,23)24/h7-11H,6H2,1-5H3. The summed E-state index contributed by atoms with van der Waals surface area (Å²) in [5.41, 5.74) is -0.421. The monoisotopic (exact) mass is 497 g/mol. The van der Waals surface area contributed by atoms with E-state index >= 15 is 0 Å². The van der Waals surface area contributed by atoms with Crippen LogP contribution in [0.25, 0.3) is 22.9 Å². The van der Waals surface area contributed by atoms with Gasteiger partial charge in [-0.2, -0.15) is 13.2 Å². The fourth-order valence-corrected chi connectivity index (χ4v) is 5.04. The highest BCUT2D eigenvalue weighted by molar-refractivity contribution is 8.01. The highest BCUT2D eigenvalue weighted by Crippen LogP contribution is 2.44. The first-order chi connectivity index (χ1) is 15.3. The number of hydrogen-bond donors (Lipinski definition) is 0. The molecule has 0 unspecified atom stereocenters. The van der Waals surface area contributed by atoms with Gasteiger partial charge in [0.05, 0.1) is 15.4 Å². The Bertz CT molecular complexity index is 1190. The van der Waals surface area contributed by atoms with Gasteiger partial charge in [0.25, 0.3) is 5.69 Å². The molecule has 3 aromatic rings. The largest absolute Gasteiger partial charge is 0.416 e. The van der Waals surface area contributed by atoms with Crippen LogP contribution in [0.4, 0.5) is 18.9 Å². The second kappa shape index (κ2) is 9.34. The van der Waals surface area contributed by atoms with Gasteiger partial charge in [0, 0.05) is 34.5 Å². The molecule has 7 nitrogen and oxygen atoms in total. The van der Waals surface area contributed by atoms with E-state index in [0.29, 0.717) is 22.0 Å². The number of pyridine rings is 1. The summed E-state index contributed by atoms with van der Waals surface area (Å²) in [6, 6.07) is 5.01. The summed E-state index contributed by atoms with van der Waals surface area (Å²) in [6.07, 6.45) is -3.46. The molecule has 0 amide bonds. The highest BCUT2D eigenvalue weighted by Gasteiger charge is 2.31. The lowest BCUT2D eigenvalue weighted by Crippen LogP contribution is -2.08. The van der Waals surface area contributed by atoms with Gasteiger partial charge in [-0.1, -0.05) is 27.7 Å². The molecule has 0 saturated carbocycles. The lowest BCUT2D eigenvalue weighted by molar-refractivity contribution is -0.387. The van der Waals surface area contributed by atoms with Crippen LogP contribution in [-0.4, -0.2) is 35.2 Å². The maximum absolute atomic E-state index is 13.1. The van der Waals surface area contributed by atoms with E-state index in [1.165, 1.54) is 34.2 Å². The van der Waals surface area contributed by atoms with Crippen LogP contribution in [0, 0.1) is 10.1 Å². The van der Waals surface area contributed by atoms with Gasteiger partial charge in [-0.05, 0) is 24.0 Å². The number of alkyl halides is 3. The highest BCUT2D eigenvalue weighted by atomic mass is 32.2. The number of nitrogens with zero attached hydrogens (tertiary/aromatic N) is 5. The molecule has 0 radical (unpaired) electrons. The van der Waals surface area contributed by atoms with Gasteiger partial charge in [-0.3, -0.25) is 15.1 Å². The van der Waals surface area contributed by atoms with Crippen LogP contribution in [0.1, 0.15) is 33.3 Å². The van der Waals surface area contributed by atoms with E-state index < -0.39 is 16.7 Å². The van der Waals surface area contributed by atoms with Crippen molar-refractivity contribution in [3.05, 3.63) is 46.1 Å². The molecule has 0 atom stereocenters. The first-order valence-electron chi connectivity index (χ1n) is 9.89. The Balaban J connectivity index is 2.16. The Morgan fingerprint density at radius 3 is 2.33 bits per heavy atom. The molecule has 0 aliphatic carbocycles. The topological polar surface area (TPSA) is 86.7 Å². The second-order valence-corrected chi connectivity index (χ2v) is 11.2. The Morgan fingerprint density at radius 1 is 1.09 bits per heavy atom. The van der Waals surface area contributed by atoms with E-state index in [0.717, 1.165) is 23.2 Å². The average Bonchev–Trinajstić information content (AvgIpc) is 3.07. The average molecular weight is 498 g/mol. The van der Waals surface area contributed by atoms with Crippen LogP contribution in [-0.2, 0) is 13.2 Å². The summed E-state index contributed by atoms with van der Waals surface area (Å²) in [5.74, 6) is 1.14. The first kappa shape index (κ1) is 25.0. The molecule has 0 aliphatic rings. The van der Waals surface area contributed by atoms with Crippen molar-refractivity contribution >= 4 is 29.2 Å². The van der Waals surface area contributed by atoms with E-state index in [1.807, 2.05) is 27.7 Å². The molecule has 2 heterocycles. The molecular weight excluding hydrogens is 475 g/mol. The number of benzene rings is 1. The third-order valence-electron chi connectivity index (χ3n) is 4.41. The maximum Gasteiger partial charge on any atom is 0.416 e. The number of nitro groups is 1. The fraction of sp³-hybridized carbons (Fsp3) is 0.381. The van der Waals surface area contributed by atoms with Gasteiger partial charge in [0.1, 0.15) is 5.69 Å². The minimum absolute atomic E-state index is 0.00479. The van der Waals surface area contributed by atoms with Crippen LogP contribution >= 0.6 is 23.5 Å². The number of nitro benzene ring substituents is 1. The number of thioether (sulfide) groups is 2. The van der Waals surface area contributed by atoms with Crippen molar-refractivity contribution < 1.29 is 18.1 Å². The Hall–Kier alpha value is -2.60. The van der Waals surface area contributed by atoms with Crippen molar-refractivity contribution in [2.45, 2.75) is 48.4 Å². The number of hydrogen-bond acceptors (Lipinski definition) is 7. The van der Waals surface area contributed by atoms with Crippen LogP contribution in [0.3, 0.4) is 0 Å². The van der Waals surface area contributed by atoms with Crippen molar-refractivity contribution in [2.24, 2.45) is 7.05 Å². The molecule has 33 heavy (non-hydrogen) atoms. The first-order valence-corrected chi connectivity index (χ1v) is 11.7. The van der Waals surface area contributed by atoms with Gasteiger partial charge in [-0.25, -0.2) is 0 Å². The molecule has 176 valence electrons. The summed E-state index contributed by atoms with van der Waals surface area (Å²) < 4.78 is 40.6. The normalized spacial score (nSPS) is 12.2. The van der Waals surface area contributed by atoms with Crippen molar-refractivity contribution in [3.63, 3.8) is 0 Å². The Morgan fingerprint density at radius 2 is 1.76 bits per heavy atom. The van der Waals surface area contributed by atoms with Gasteiger partial charge >= 0.3 is 6.18 Å². The summed E-state index contributed by atoms with van der Waals surface area (Å²) in [4.78, 5) is 16.7. The number of halogens is 3. The zero-order valence-corrected chi connectivity index (χ0v) is 20.2. The van der Waals surface area contributed by atoms with E-state index in [4.69, 9.17) is 0 Å². The third kappa shape index (κ3) is 5.67. The Labute approximate surface area is 197 Å². The van der Waals surface area contributed by atoms with E-state index in [2.05, 4.69) is 15.2 Å². The molecule has 1 aromatic carbocycles. The number of aromatic nitrogens is 4. The quantitative estimate of drug-likeness (QED) is 0.219. The van der Waals surface area contributed by atoms with E-state index in [9.17, 15) is 23.3 Å². The van der Waals surface area contributed by atoms with Gasteiger partial charge in [0.15, 0.2) is 11.6 Å². The zero-order valence-electron chi connectivity index (χ0n) is 18.6. The van der Waals surface area contributed by atoms with Crippen LogP contribution in [0.15, 0.2) is 40.3 Å². The van der Waals surface area contributed by atoms with E-state index in [-0.39, 0.29) is 22.0 Å². The van der Waals surface area contributed by atoms with Gasteiger partial charge in [0.2, 0.25) is 0 Å². The zero-order chi connectivity index (χ0) is 24.6. The van der Waals surface area contributed by atoms with Crippen LogP contribution in [0.2, 0.25) is 0 Å². The lowest BCUT2D eigenvalue weighted by atomic mass is 10.1. The number of rotatable bonds is 6. The molecule has 0 aliphatic heterocycles. The second-order valence-electron chi connectivity index (χ2n) is 8.05. The van der Waals surface area contributed by atoms with Crippen molar-refractivity contribution in [2.75, 3.05) is 5.75 Å². The molecule has 0 bridgehead atoms. The molecule has 2 aromatic heterocycles. The molecule has 0 saturated heterocycles. The van der Waals surface area contributed by atoms with Crippen molar-refractivity contribution in [1.82, 2.24) is 19.7 Å². The summed E-state index contributed by atoms with van der Waals surface area (Å²) >= 11 is 2.89. The van der Waals surface area contributed by atoms with Crippen LogP contribution < -0.4 is 0 Å². The summed E-state index contributed by atoms with van der Waals surface area (Å²) in [6.45, 7) is 7.87. The van der Waals surface area contributed by atoms with Crippen molar-refractivity contribution in [1.29, 1.82) is 0 Å². The summed E-state index contributed by atoms with van der Waals surface area (Å²) in [5, 5.41) is 20.0.